The third kappa shape index (κ3) is 3.74. The second kappa shape index (κ2) is 8.38. The van der Waals surface area contributed by atoms with Crippen LogP contribution in [0.15, 0.2) is 59.9 Å². The number of aliphatic hydroxyl groups excluding tert-OH is 1. The molecule has 3 N–H and O–H groups in total. The van der Waals surface area contributed by atoms with Crippen molar-refractivity contribution in [3.63, 3.8) is 0 Å². The minimum Gasteiger partial charge on any atom is -0.504 e. The maximum absolute atomic E-state index is 13.1. The molecule has 30 heavy (non-hydrogen) atoms. The second-order valence-electron chi connectivity index (χ2n) is 7.84. The summed E-state index contributed by atoms with van der Waals surface area (Å²) in [6, 6.07) is 12.3. The van der Waals surface area contributed by atoms with Crippen LogP contribution in [-0.2, 0) is 6.54 Å². The van der Waals surface area contributed by atoms with Gasteiger partial charge in [0.2, 0.25) is 0 Å². The summed E-state index contributed by atoms with van der Waals surface area (Å²) in [5, 5.41) is 29.6. The molecular weight excluding hydrogens is 382 g/mol. The van der Waals surface area contributed by atoms with Gasteiger partial charge in [-0.15, -0.1) is 6.58 Å². The maximum atomic E-state index is 13.1. The molecule has 0 radical (unpaired) electrons. The summed E-state index contributed by atoms with van der Waals surface area (Å²) in [7, 11) is 0. The molecule has 1 aromatic heterocycles. The Morgan fingerprint density at radius 2 is 1.77 bits per heavy atom. The Kier molecular flexibility index (Phi) is 5.65. The summed E-state index contributed by atoms with van der Waals surface area (Å²) >= 11 is 0. The first-order chi connectivity index (χ1) is 14.5. The van der Waals surface area contributed by atoms with Gasteiger partial charge in [0.1, 0.15) is 0 Å². The quantitative estimate of drug-likeness (QED) is 0.430. The number of para-hydroxylation sites is 2. The van der Waals surface area contributed by atoms with Gasteiger partial charge < -0.3 is 20.2 Å². The number of benzene rings is 2. The molecule has 7 heteroatoms. The zero-order valence-electron chi connectivity index (χ0n) is 16.8. The molecule has 1 saturated heterocycles. The highest BCUT2D eigenvalue weighted by molar-refractivity contribution is 5.76. The molecule has 1 aliphatic rings. The Hall–Kier alpha value is -3.03. The van der Waals surface area contributed by atoms with Crippen LogP contribution in [0.3, 0.4) is 0 Å². The van der Waals surface area contributed by atoms with E-state index in [1.54, 1.807) is 16.7 Å². The van der Waals surface area contributed by atoms with Crippen LogP contribution in [0.2, 0.25) is 0 Å². The number of nitrogens with zero attached hydrogens (tertiary/aromatic N) is 3. The van der Waals surface area contributed by atoms with E-state index in [1.165, 1.54) is 12.1 Å². The van der Waals surface area contributed by atoms with Crippen LogP contribution in [0.25, 0.3) is 11.0 Å². The maximum Gasteiger partial charge on any atom is 0.329 e. The number of phenolic OH excluding ortho intramolecular Hbond substituents is 2. The number of aromatic hydroxyl groups is 2. The molecule has 2 heterocycles. The topological polar surface area (TPSA) is 90.9 Å². The number of piperidine rings is 1. The molecule has 4 rings (SSSR count). The summed E-state index contributed by atoms with van der Waals surface area (Å²) in [5.41, 5.74) is 2.43. The molecule has 0 aliphatic carbocycles. The van der Waals surface area contributed by atoms with Crippen molar-refractivity contribution in [2.45, 2.75) is 31.5 Å². The molecule has 7 nitrogen and oxygen atoms in total. The van der Waals surface area contributed by atoms with E-state index >= 15 is 0 Å². The molecule has 1 atom stereocenters. The zero-order chi connectivity index (χ0) is 21.3. The lowest BCUT2D eigenvalue weighted by atomic mass is 10.0. The van der Waals surface area contributed by atoms with Gasteiger partial charge in [-0.25, -0.2) is 4.79 Å². The van der Waals surface area contributed by atoms with Crippen molar-refractivity contribution >= 4 is 11.0 Å². The standard InChI is InChI=1S/C23H27N3O4/c1-2-11-25-18-5-3-4-6-19(18)26(23(25)30)17-9-12-24(13-10-17)15-22(29)16-7-8-20(27)21(28)14-16/h2-8,14,17,22,27-29H,1,9-13,15H2. The fourth-order valence-electron chi connectivity index (χ4n) is 4.35. The predicted molar refractivity (Wildman–Crippen MR) is 116 cm³/mol. The Bertz CT molecular complexity index is 1110. The van der Waals surface area contributed by atoms with Crippen LogP contribution < -0.4 is 5.69 Å². The van der Waals surface area contributed by atoms with Crippen LogP contribution in [-0.4, -0.2) is 49.0 Å². The molecule has 1 aliphatic heterocycles. The number of allylic oxidation sites excluding steroid dienone is 1. The third-order valence-electron chi connectivity index (χ3n) is 5.92. The van der Waals surface area contributed by atoms with Crippen molar-refractivity contribution in [3.8, 4) is 11.5 Å². The van der Waals surface area contributed by atoms with Crippen molar-refractivity contribution in [1.29, 1.82) is 0 Å². The monoisotopic (exact) mass is 409 g/mol. The molecule has 158 valence electrons. The highest BCUT2D eigenvalue weighted by Gasteiger charge is 2.26. The highest BCUT2D eigenvalue weighted by atomic mass is 16.3. The Morgan fingerprint density at radius 1 is 1.07 bits per heavy atom. The lowest BCUT2D eigenvalue weighted by molar-refractivity contribution is 0.0904. The fourth-order valence-corrected chi connectivity index (χ4v) is 4.35. The molecule has 0 saturated carbocycles. The largest absolute Gasteiger partial charge is 0.504 e. The third-order valence-corrected chi connectivity index (χ3v) is 5.92. The SMILES string of the molecule is C=CCn1c(=O)n(C2CCN(CC(O)c3ccc(O)c(O)c3)CC2)c2ccccc21. The number of fused-ring (bicyclic) bond motifs is 1. The van der Waals surface area contributed by atoms with E-state index in [9.17, 15) is 20.1 Å². The molecule has 3 aromatic rings. The number of imidazole rings is 1. The lowest BCUT2D eigenvalue weighted by Crippen LogP contribution is -2.39. The minimum absolute atomic E-state index is 0.00541. The number of hydrogen-bond donors (Lipinski definition) is 3. The predicted octanol–water partition coefficient (Wildman–Crippen LogP) is 2.77. The second-order valence-corrected chi connectivity index (χ2v) is 7.84. The van der Waals surface area contributed by atoms with Crippen molar-refractivity contribution in [3.05, 3.63) is 71.2 Å². The Balaban J connectivity index is 1.47. The van der Waals surface area contributed by atoms with Gasteiger partial charge in [-0.1, -0.05) is 24.3 Å². The normalized spacial score (nSPS) is 16.7. The average Bonchev–Trinajstić information content (AvgIpc) is 3.02. The van der Waals surface area contributed by atoms with E-state index in [4.69, 9.17) is 0 Å². The van der Waals surface area contributed by atoms with Crippen LogP contribution in [0.5, 0.6) is 11.5 Å². The van der Waals surface area contributed by atoms with Crippen LogP contribution >= 0.6 is 0 Å². The van der Waals surface area contributed by atoms with Gasteiger partial charge in [-0.2, -0.15) is 0 Å². The number of rotatable bonds is 6. The fraction of sp³-hybridized carbons (Fsp3) is 0.348. The number of β-amino-alcohol motifs (C(OH)–C–C–N with tert-alkyl or cyclic N) is 1. The Labute approximate surface area is 174 Å². The van der Waals surface area contributed by atoms with Gasteiger partial charge in [0.15, 0.2) is 11.5 Å². The van der Waals surface area contributed by atoms with E-state index in [-0.39, 0.29) is 23.2 Å². The summed E-state index contributed by atoms with van der Waals surface area (Å²) in [4.78, 5) is 15.2. The molecule has 0 amide bonds. The zero-order valence-corrected chi connectivity index (χ0v) is 16.8. The number of aromatic nitrogens is 2. The summed E-state index contributed by atoms with van der Waals surface area (Å²) in [5.74, 6) is -0.437. The first kappa shape index (κ1) is 20.3. The number of phenols is 2. The van der Waals surface area contributed by atoms with E-state index in [0.717, 1.165) is 37.0 Å². The number of hydrogen-bond acceptors (Lipinski definition) is 5. The van der Waals surface area contributed by atoms with Gasteiger partial charge >= 0.3 is 5.69 Å². The van der Waals surface area contributed by atoms with E-state index in [1.807, 2.05) is 28.8 Å². The Morgan fingerprint density at radius 3 is 2.43 bits per heavy atom. The smallest absolute Gasteiger partial charge is 0.329 e. The molecule has 1 unspecified atom stereocenters. The van der Waals surface area contributed by atoms with Crippen molar-refractivity contribution in [2.75, 3.05) is 19.6 Å². The molecule has 2 aromatic carbocycles. The molecule has 1 fully saturated rings. The minimum atomic E-state index is -0.759. The van der Waals surface area contributed by atoms with Gasteiger partial charge in [-0.05, 0) is 42.7 Å². The van der Waals surface area contributed by atoms with Gasteiger partial charge in [0, 0.05) is 32.2 Å². The number of aliphatic hydroxyl groups is 1. The lowest BCUT2D eigenvalue weighted by Gasteiger charge is -2.33. The van der Waals surface area contributed by atoms with Crippen LogP contribution in [0, 0.1) is 0 Å². The van der Waals surface area contributed by atoms with Crippen molar-refractivity contribution in [1.82, 2.24) is 14.0 Å². The van der Waals surface area contributed by atoms with Crippen LogP contribution in [0.4, 0.5) is 0 Å². The number of likely N-dealkylation sites (tertiary alicyclic amines) is 1. The van der Waals surface area contributed by atoms with Crippen LogP contribution in [0.1, 0.15) is 30.6 Å². The van der Waals surface area contributed by atoms with Gasteiger partial charge in [0.25, 0.3) is 0 Å². The molecule has 0 spiro atoms. The first-order valence-electron chi connectivity index (χ1n) is 10.2. The van der Waals surface area contributed by atoms with E-state index in [2.05, 4.69) is 11.5 Å². The summed E-state index contributed by atoms with van der Waals surface area (Å²) < 4.78 is 3.67. The van der Waals surface area contributed by atoms with Crippen molar-refractivity contribution < 1.29 is 15.3 Å². The van der Waals surface area contributed by atoms with Gasteiger partial charge in [-0.3, -0.25) is 9.13 Å². The van der Waals surface area contributed by atoms with Gasteiger partial charge in [0.05, 0.1) is 17.1 Å². The summed E-state index contributed by atoms with van der Waals surface area (Å²) in [6.07, 6.45) is 2.61. The molecular formula is C23H27N3O4. The first-order valence-corrected chi connectivity index (χ1v) is 10.2. The summed E-state index contributed by atoms with van der Waals surface area (Å²) in [6.45, 7) is 6.21. The average molecular weight is 409 g/mol. The van der Waals surface area contributed by atoms with E-state index < -0.39 is 6.10 Å². The molecule has 0 bridgehead atoms. The highest BCUT2D eigenvalue weighted by Crippen LogP contribution is 2.30. The van der Waals surface area contributed by atoms with Crippen molar-refractivity contribution in [2.24, 2.45) is 0 Å². The van der Waals surface area contributed by atoms with E-state index in [0.29, 0.717) is 18.7 Å².